The Balaban J connectivity index is 3.52. The van der Waals surface area contributed by atoms with E-state index in [9.17, 15) is 4.79 Å². The first-order valence-electron chi connectivity index (χ1n) is 2.62. The van der Waals surface area contributed by atoms with E-state index in [-0.39, 0.29) is 17.6 Å². The van der Waals surface area contributed by atoms with Crippen LogP contribution in [0.15, 0.2) is 0 Å². The van der Waals surface area contributed by atoms with Crippen molar-refractivity contribution >= 4 is 40.8 Å². The number of ether oxygens (including phenoxy) is 1. The van der Waals surface area contributed by atoms with E-state index in [0.29, 0.717) is 0 Å². The van der Waals surface area contributed by atoms with E-state index in [1.807, 2.05) is 0 Å². The Morgan fingerprint density at radius 1 is 1.30 bits per heavy atom. The van der Waals surface area contributed by atoms with E-state index >= 15 is 0 Å². The summed E-state index contributed by atoms with van der Waals surface area (Å²) in [5.74, 6) is -0.254. The van der Waals surface area contributed by atoms with Gasteiger partial charge in [-0.25, -0.2) is 0 Å². The average molecular weight is 205 g/mol. The maximum atomic E-state index is 10.5. The van der Waals surface area contributed by atoms with Crippen LogP contribution in [0.1, 0.15) is 0 Å². The number of hydrogen-bond acceptors (Lipinski definition) is 2. The van der Waals surface area contributed by atoms with Gasteiger partial charge in [-0.1, -0.05) is 0 Å². The van der Waals surface area contributed by atoms with Gasteiger partial charge in [-0.15, -0.1) is 34.8 Å². The van der Waals surface area contributed by atoms with E-state index in [2.05, 4.69) is 4.74 Å². The SMILES string of the molecule is O=C(CCl)OC(CCl)CCl. The number of carbonyl (C=O) groups excluding carboxylic acids is 1. The van der Waals surface area contributed by atoms with E-state index in [1.54, 1.807) is 0 Å². The zero-order chi connectivity index (χ0) is 7.98. The highest BCUT2D eigenvalue weighted by molar-refractivity contribution is 6.26. The molecule has 60 valence electrons. The second-order valence-electron chi connectivity index (χ2n) is 1.55. The van der Waals surface area contributed by atoms with Gasteiger partial charge in [0.25, 0.3) is 0 Å². The zero-order valence-corrected chi connectivity index (χ0v) is 7.42. The van der Waals surface area contributed by atoms with Gasteiger partial charge in [-0.3, -0.25) is 4.79 Å². The fourth-order valence-corrected chi connectivity index (χ4v) is 0.841. The molecule has 0 saturated heterocycles. The molecule has 0 aromatic rings. The lowest BCUT2D eigenvalue weighted by Crippen LogP contribution is -2.21. The quantitative estimate of drug-likeness (QED) is 0.515. The molecule has 0 spiro atoms. The van der Waals surface area contributed by atoms with Crippen LogP contribution in [0.25, 0.3) is 0 Å². The normalized spacial score (nSPS) is 10.0. The van der Waals surface area contributed by atoms with Gasteiger partial charge >= 0.3 is 5.97 Å². The van der Waals surface area contributed by atoms with E-state index in [1.165, 1.54) is 0 Å². The van der Waals surface area contributed by atoms with Crippen molar-refractivity contribution in [2.45, 2.75) is 6.10 Å². The van der Waals surface area contributed by atoms with Gasteiger partial charge in [0.05, 0.1) is 11.8 Å². The van der Waals surface area contributed by atoms with Crippen LogP contribution in [0.3, 0.4) is 0 Å². The molecule has 0 aromatic heterocycles. The third kappa shape index (κ3) is 4.20. The summed E-state index contributed by atoms with van der Waals surface area (Å²) in [5, 5.41) is 0. The highest BCUT2D eigenvalue weighted by Crippen LogP contribution is 1.99. The Morgan fingerprint density at radius 2 is 1.80 bits per heavy atom. The molecule has 0 aliphatic carbocycles. The minimum Gasteiger partial charge on any atom is -0.459 e. The molecule has 0 aromatic carbocycles. The summed E-state index contributed by atoms with van der Waals surface area (Å²) in [7, 11) is 0. The molecule has 0 radical (unpaired) electrons. The van der Waals surface area contributed by atoms with E-state index in [4.69, 9.17) is 34.8 Å². The van der Waals surface area contributed by atoms with E-state index < -0.39 is 12.1 Å². The van der Waals surface area contributed by atoms with Crippen LogP contribution in [-0.4, -0.2) is 29.7 Å². The summed E-state index contributed by atoms with van der Waals surface area (Å²) in [4.78, 5) is 10.5. The largest absolute Gasteiger partial charge is 0.459 e. The summed E-state index contributed by atoms with van der Waals surface area (Å²) < 4.78 is 4.66. The van der Waals surface area contributed by atoms with Crippen molar-refractivity contribution in [2.75, 3.05) is 17.6 Å². The number of halogens is 3. The second kappa shape index (κ2) is 6.08. The molecule has 0 bridgehead atoms. The Hall–Kier alpha value is 0.340. The molecule has 10 heavy (non-hydrogen) atoms. The first-order valence-corrected chi connectivity index (χ1v) is 4.22. The maximum absolute atomic E-state index is 10.5. The van der Waals surface area contributed by atoms with Gasteiger partial charge in [0.2, 0.25) is 0 Å². The number of rotatable bonds is 4. The molecular weight excluding hydrogens is 198 g/mol. The van der Waals surface area contributed by atoms with Gasteiger partial charge in [-0.05, 0) is 0 Å². The lowest BCUT2D eigenvalue weighted by Gasteiger charge is -2.09. The monoisotopic (exact) mass is 204 g/mol. The molecule has 0 unspecified atom stereocenters. The first-order chi connectivity index (χ1) is 4.74. The van der Waals surface area contributed by atoms with Crippen LogP contribution in [0, 0.1) is 0 Å². The van der Waals surface area contributed by atoms with Crippen molar-refractivity contribution in [3.63, 3.8) is 0 Å². The molecule has 0 N–H and O–H groups in total. The molecule has 0 saturated carbocycles. The first kappa shape index (κ1) is 10.3. The molecule has 0 heterocycles. The Labute approximate surface area is 74.4 Å². The third-order valence-corrected chi connectivity index (χ3v) is 1.66. The predicted octanol–water partition coefficient (Wildman–Crippen LogP) is 1.61. The molecule has 0 aliphatic heterocycles. The fraction of sp³-hybridized carbons (Fsp3) is 0.800. The Bertz CT molecular complexity index is 103. The minimum atomic E-state index is -0.493. The molecule has 2 nitrogen and oxygen atoms in total. The van der Waals surface area contributed by atoms with Crippen LogP contribution in [0.4, 0.5) is 0 Å². The van der Waals surface area contributed by atoms with Crippen molar-refractivity contribution in [3.05, 3.63) is 0 Å². The second-order valence-corrected chi connectivity index (χ2v) is 2.44. The van der Waals surface area contributed by atoms with Gasteiger partial charge in [0.15, 0.2) is 0 Å². The third-order valence-electron chi connectivity index (χ3n) is 0.751. The van der Waals surface area contributed by atoms with Crippen LogP contribution in [0.2, 0.25) is 0 Å². The standard InChI is InChI=1S/C5H7Cl3O2/c6-1-4(2-7)10-5(9)3-8/h4H,1-3H2. The van der Waals surface area contributed by atoms with Gasteiger partial charge in [0.1, 0.15) is 12.0 Å². The minimum absolute atomic E-state index is 0.162. The van der Waals surface area contributed by atoms with Crippen molar-refractivity contribution in [2.24, 2.45) is 0 Å². The van der Waals surface area contributed by atoms with Gasteiger partial charge < -0.3 is 4.74 Å². The molecule has 0 aliphatic rings. The van der Waals surface area contributed by atoms with Gasteiger partial charge in [-0.2, -0.15) is 0 Å². The van der Waals surface area contributed by atoms with Crippen molar-refractivity contribution in [1.29, 1.82) is 0 Å². The number of alkyl halides is 3. The summed E-state index contributed by atoms with van der Waals surface area (Å²) >= 11 is 15.9. The summed E-state index contributed by atoms with van der Waals surface area (Å²) in [5.41, 5.74) is 0. The lowest BCUT2D eigenvalue weighted by molar-refractivity contribution is -0.143. The van der Waals surface area contributed by atoms with Crippen LogP contribution < -0.4 is 0 Å². The topological polar surface area (TPSA) is 26.3 Å². The van der Waals surface area contributed by atoms with Gasteiger partial charge in [0, 0.05) is 0 Å². The summed E-state index contributed by atoms with van der Waals surface area (Å²) in [6.07, 6.45) is -0.422. The molecule has 0 atom stereocenters. The molecule has 5 heteroatoms. The molecule has 0 rings (SSSR count). The lowest BCUT2D eigenvalue weighted by atomic mass is 10.5. The Kier molecular flexibility index (Phi) is 6.28. The number of esters is 1. The molecular formula is C5H7Cl3O2. The molecule has 0 amide bonds. The Morgan fingerprint density at radius 3 is 2.10 bits per heavy atom. The van der Waals surface area contributed by atoms with Crippen LogP contribution >= 0.6 is 34.8 Å². The summed E-state index contributed by atoms with van der Waals surface area (Å²) in [6, 6.07) is 0. The highest BCUT2D eigenvalue weighted by atomic mass is 35.5. The van der Waals surface area contributed by atoms with Crippen molar-refractivity contribution in [3.8, 4) is 0 Å². The van der Waals surface area contributed by atoms with Crippen molar-refractivity contribution in [1.82, 2.24) is 0 Å². The maximum Gasteiger partial charge on any atom is 0.321 e. The van der Waals surface area contributed by atoms with Crippen LogP contribution in [-0.2, 0) is 9.53 Å². The smallest absolute Gasteiger partial charge is 0.321 e. The average Bonchev–Trinajstić information content (AvgIpc) is 1.99. The number of carbonyl (C=O) groups is 1. The summed E-state index contributed by atoms with van der Waals surface area (Å²) in [6.45, 7) is 0. The zero-order valence-electron chi connectivity index (χ0n) is 5.15. The van der Waals surface area contributed by atoms with Crippen molar-refractivity contribution < 1.29 is 9.53 Å². The number of hydrogen-bond donors (Lipinski definition) is 0. The fourth-order valence-electron chi connectivity index (χ4n) is 0.322. The highest BCUT2D eigenvalue weighted by Gasteiger charge is 2.10. The van der Waals surface area contributed by atoms with Crippen LogP contribution in [0.5, 0.6) is 0 Å². The molecule has 0 fully saturated rings. The van der Waals surface area contributed by atoms with E-state index in [0.717, 1.165) is 0 Å². The predicted molar refractivity (Wildman–Crippen MR) is 42.0 cm³/mol.